The molecule has 1 aromatic rings. The van der Waals surface area contributed by atoms with Crippen molar-refractivity contribution >= 4 is 22.0 Å². The third-order valence-electron chi connectivity index (χ3n) is 5.54. The molecule has 0 bridgehead atoms. The minimum Gasteiger partial charge on any atom is -0.444 e. The van der Waals surface area contributed by atoms with E-state index in [0.29, 0.717) is 6.54 Å². The molecule has 0 aliphatic carbocycles. The zero-order chi connectivity index (χ0) is 26.6. The summed E-state index contributed by atoms with van der Waals surface area (Å²) < 4.78 is 33.7. The molecule has 35 heavy (non-hydrogen) atoms. The van der Waals surface area contributed by atoms with Crippen molar-refractivity contribution in [2.45, 2.75) is 90.1 Å². The minimum atomic E-state index is -4.46. The van der Waals surface area contributed by atoms with Gasteiger partial charge in [0.1, 0.15) is 11.6 Å². The lowest BCUT2D eigenvalue weighted by molar-refractivity contribution is -0.132. The highest BCUT2D eigenvalue weighted by Gasteiger charge is 2.46. The molecule has 2 rings (SSSR count). The Morgan fingerprint density at radius 1 is 1.31 bits per heavy atom. The number of amides is 2. The van der Waals surface area contributed by atoms with Gasteiger partial charge in [0.05, 0.1) is 12.1 Å². The summed E-state index contributed by atoms with van der Waals surface area (Å²) in [7, 11) is -4.46. The van der Waals surface area contributed by atoms with Crippen LogP contribution in [0.5, 0.6) is 0 Å². The van der Waals surface area contributed by atoms with Crippen molar-refractivity contribution in [3.63, 3.8) is 0 Å². The highest BCUT2D eigenvalue weighted by Crippen LogP contribution is 2.32. The van der Waals surface area contributed by atoms with Gasteiger partial charge in [-0.05, 0) is 57.1 Å². The molecule has 10 nitrogen and oxygen atoms in total. The maximum atomic E-state index is 14.0. The molecule has 0 saturated carbocycles. The number of nitrogens with one attached hydrogen (secondary N) is 2. The zero-order valence-corrected chi connectivity index (χ0v) is 22.6. The Kier molecular flexibility index (Phi) is 9.29. The lowest BCUT2D eigenvalue weighted by Gasteiger charge is -2.37. The number of aliphatic hydroxyl groups excluding tert-OH is 1. The van der Waals surface area contributed by atoms with E-state index in [4.69, 9.17) is 4.74 Å². The first-order valence-electron chi connectivity index (χ1n) is 11.9. The van der Waals surface area contributed by atoms with Crippen molar-refractivity contribution in [1.82, 2.24) is 19.9 Å². The fourth-order valence-corrected chi connectivity index (χ4v) is 5.65. The summed E-state index contributed by atoms with van der Waals surface area (Å²) >= 11 is 0. The number of alkyl carbamates (subject to hydrolysis) is 1. The fraction of sp³-hybridized carbons (Fsp3) is 0.708. The molecule has 2 unspecified atom stereocenters. The Morgan fingerprint density at radius 3 is 2.51 bits per heavy atom. The summed E-state index contributed by atoms with van der Waals surface area (Å²) in [5.74, 6) is -0.882. The monoisotopic (exact) mass is 512 g/mol. The molecule has 0 aromatic carbocycles. The van der Waals surface area contributed by atoms with Crippen LogP contribution in [0.1, 0.15) is 61.3 Å². The smallest absolute Gasteiger partial charge is 0.408 e. The van der Waals surface area contributed by atoms with Crippen LogP contribution in [-0.2, 0) is 19.6 Å². The highest BCUT2D eigenvalue weighted by atomic mass is 32.2. The van der Waals surface area contributed by atoms with Gasteiger partial charge in [-0.3, -0.25) is 4.79 Å². The van der Waals surface area contributed by atoms with E-state index in [9.17, 15) is 23.1 Å². The summed E-state index contributed by atoms with van der Waals surface area (Å²) in [6.07, 6.45) is -0.249. The zero-order valence-electron chi connectivity index (χ0n) is 21.7. The predicted molar refractivity (Wildman–Crippen MR) is 132 cm³/mol. The average molecular weight is 513 g/mol. The Balaban J connectivity index is 2.58. The molecule has 198 valence electrons. The number of sulfonamides is 1. The first kappa shape index (κ1) is 29.0. The van der Waals surface area contributed by atoms with Crippen LogP contribution < -0.4 is 10.6 Å². The number of hydrogen-bond donors (Lipinski definition) is 3. The number of pyridine rings is 1. The van der Waals surface area contributed by atoms with Crippen molar-refractivity contribution < 1.29 is 27.9 Å². The van der Waals surface area contributed by atoms with Gasteiger partial charge in [0.2, 0.25) is 0 Å². The molecule has 11 heteroatoms. The molecule has 1 saturated heterocycles. The second-order valence-electron chi connectivity index (χ2n) is 11.3. The molecule has 0 radical (unpaired) electrons. The number of β-amino-alcohol motifs (C(OH)–C–C–N with tert-alkyl or cyclic N) is 1. The van der Waals surface area contributed by atoms with E-state index in [2.05, 4.69) is 15.6 Å². The lowest BCUT2D eigenvalue weighted by atomic mass is 9.85. The molecular weight excluding hydrogens is 472 g/mol. The Morgan fingerprint density at radius 2 is 1.97 bits per heavy atom. The second kappa shape index (κ2) is 11.2. The van der Waals surface area contributed by atoms with E-state index in [0.717, 1.165) is 4.31 Å². The molecule has 3 N–H and O–H groups in total. The molecule has 3 atom stereocenters. The van der Waals surface area contributed by atoms with Gasteiger partial charge in [-0.1, -0.05) is 33.8 Å². The van der Waals surface area contributed by atoms with E-state index in [1.807, 2.05) is 27.7 Å². The first-order chi connectivity index (χ1) is 16.0. The van der Waals surface area contributed by atoms with E-state index >= 15 is 0 Å². The van der Waals surface area contributed by atoms with Crippen molar-refractivity contribution in [3.05, 3.63) is 24.4 Å². The maximum Gasteiger partial charge on any atom is 0.408 e. The largest absolute Gasteiger partial charge is 0.444 e. The van der Waals surface area contributed by atoms with Crippen molar-refractivity contribution in [2.75, 3.05) is 13.1 Å². The number of ether oxygens (including phenoxy) is 1. The van der Waals surface area contributed by atoms with Crippen LogP contribution >= 0.6 is 0 Å². The minimum absolute atomic E-state index is 0.0459. The number of nitrogens with zero attached hydrogens (tertiary/aromatic N) is 2. The number of carbonyl (C=O) groups is 2. The molecular formula is C24H40N4O6S. The van der Waals surface area contributed by atoms with E-state index in [1.165, 1.54) is 18.3 Å². The Labute approximate surface area is 208 Å². The standard InChI is InChI=1S/C24H40N4O6S/c1-16(2)12-17(27-22(31)34-23(3,4)5)21(30)28(35(32,33)20-10-8-9-11-26-20)18-13-24(6,7)15-25-14-19(18)29/h8-11,16-19,25,29H,12-15H2,1-7H3,(H,27,31)/t17?,18?,19-/m0/s1. The Hall–Kier alpha value is -2.24. The quantitative estimate of drug-likeness (QED) is 0.506. The molecule has 0 spiro atoms. The van der Waals surface area contributed by atoms with Gasteiger partial charge in [-0.25, -0.2) is 14.1 Å². The number of aliphatic hydroxyl groups is 1. The average Bonchev–Trinajstić information content (AvgIpc) is 2.83. The van der Waals surface area contributed by atoms with Crippen LogP contribution in [0.4, 0.5) is 4.79 Å². The van der Waals surface area contributed by atoms with Crippen LogP contribution in [0.3, 0.4) is 0 Å². The fourth-order valence-electron chi connectivity index (χ4n) is 4.06. The third kappa shape index (κ3) is 8.15. The first-order valence-corrected chi connectivity index (χ1v) is 13.3. The van der Waals surface area contributed by atoms with Crippen LogP contribution in [0.15, 0.2) is 29.4 Å². The normalized spacial score (nSPS) is 21.6. The SMILES string of the molecule is CC(C)CC(NC(=O)OC(C)(C)C)C(=O)N(C1CC(C)(C)CNC[C@@H]1O)S(=O)(=O)c1ccccn1. The third-order valence-corrected chi connectivity index (χ3v) is 7.28. The van der Waals surface area contributed by atoms with Gasteiger partial charge in [0, 0.05) is 19.3 Å². The second-order valence-corrected chi connectivity index (χ2v) is 13.0. The molecule has 1 aliphatic rings. The van der Waals surface area contributed by atoms with Crippen LogP contribution in [0.25, 0.3) is 0 Å². The number of hydrogen-bond acceptors (Lipinski definition) is 8. The maximum absolute atomic E-state index is 14.0. The molecule has 2 heterocycles. The summed E-state index contributed by atoms with van der Waals surface area (Å²) in [4.78, 5) is 30.5. The summed E-state index contributed by atoms with van der Waals surface area (Å²) in [5, 5.41) is 16.3. The van der Waals surface area contributed by atoms with Gasteiger partial charge in [0.25, 0.3) is 15.9 Å². The highest BCUT2D eigenvalue weighted by molar-refractivity contribution is 7.89. The summed E-state index contributed by atoms with van der Waals surface area (Å²) in [6, 6.07) is 2.15. The van der Waals surface area contributed by atoms with Gasteiger partial charge in [-0.15, -0.1) is 0 Å². The molecule has 1 aliphatic heterocycles. The van der Waals surface area contributed by atoms with Crippen molar-refractivity contribution in [2.24, 2.45) is 11.3 Å². The van der Waals surface area contributed by atoms with Crippen LogP contribution in [0.2, 0.25) is 0 Å². The van der Waals surface area contributed by atoms with E-state index < -0.39 is 51.2 Å². The lowest BCUT2D eigenvalue weighted by Crippen LogP contribution is -2.58. The summed E-state index contributed by atoms with van der Waals surface area (Å²) in [5.41, 5.74) is -1.21. The van der Waals surface area contributed by atoms with Crippen LogP contribution in [0, 0.1) is 11.3 Å². The number of aromatic nitrogens is 1. The van der Waals surface area contributed by atoms with Crippen molar-refractivity contribution in [1.29, 1.82) is 0 Å². The van der Waals surface area contributed by atoms with Crippen molar-refractivity contribution in [3.8, 4) is 0 Å². The predicted octanol–water partition coefficient (Wildman–Crippen LogP) is 2.29. The summed E-state index contributed by atoms with van der Waals surface area (Å²) in [6.45, 7) is 13.3. The van der Waals surface area contributed by atoms with E-state index in [-0.39, 0.29) is 30.3 Å². The topological polar surface area (TPSA) is 138 Å². The molecule has 2 amide bonds. The van der Waals surface area contributed by atoms with Gasteiger partial charge < -0.3 is 20.5 Å². The van der Waals surface area contributed by atoms with E-state index in [1.54, 1.807) is 26.8 Å². The molecule has 1 aromatic heterocycles. The number of rotatable bonds is 7. The Bertz CT molecular complexity index is 975. The van der Waals surface area contributed by atoms with Gasteiger partial charge >= 0.3 is 6.09 Å². The van der Waals surface area contributed by atoms with Gasteiger partial charge in [0.15, 0.2) is 5.03 Å². The number of carbonyl (C=O) groups excluding carboxylic acids is 2. The van der Waals surface area contributed by atoms with Crippen LogP contribution in [-0.4, -0.2) is 71.7 Å². The molecule has 1 fully saturated rings. The van der Waals surface area contributed by atoms with Gasteiger partial charge in [-0.2, -0.15) is 8.42 Å².